The summed E-state index contributed by atoms with van der Waals surface area (Å²) in [5.41, 5.74) is 3.65. The van der Waals surface area contributed by atoms with Gasteiger partial charge in [0.05, 0.1) is 0 Å². The van der Waals surface area contributed by atoms with E-state index in [1.165, 1.54) is 5.56 Å². The molecule has 0 amide bonds. The molecule has 2 nitrogen and oxygen atoms in total. The highest BCUT2D eigenvalue weighted by Gasteiger charge is 2.23. The fraction of sp³-hybridized carbons (Fsp3) is 0.0435. The van der Waals surface area contributed by atoms with E-state index in [2.05, 4.69) is 28.8 Å². The van der Waals surface area contributed by atoms with E-state index in [-0.39, 0.29) is 5.78 Å². The van der Waals surface area contributed by atoms with Gasteiger partial charge in [-0.2, -0.15) is 4.57 Å². The van der Waals surface area contributed by atoms with Crippen LogP contribution in [0.25, 0.3) is 10.9 Å². The number of hydrogen-bond donors (Lipinski definition) is 0. The van der Waals surface area contributed by atoms with E-state index in [9.17, 15) is 4.79 Å². The first kappa shape index (κ1) is 15.3. The Balaban J connectivity index is 1.89. The second-order valence-electron chi connectivity index (χ2n) is 6.04. The van der Waals surface area contributed by atoms with Gasteiger partial charge < -0.3 is 0 Å². The molecule has 0 aliphatic carbocycles. The molecule has 0 bridgehead atoms. The molecule has 0 atom stereocenters. The van der Waals surface area contributed by atoms with Crippen LogP contribution in [0.1, 0.15) is 21.6 Å². The lowest BCUT2D eigenvalue weighted by atomic mass is 10.1. The largest absolute Gasteiger partial charge is 0.282 e. The van der Waals surface area contributed by atoms with Gasteiger partial charge in [-0.1, -0.05) is 72.8 Å². The van der Waals surface area contributed by atoms with Crippen molar-refractivity contribution < 1.29 is 9.36 Å². The quantitative estimate of drug-likeness (QED) is 0.402. The van der Waals surface area contributed by atoms with Crippen LogP contribution in [0.4, 0.5) is 0 Å². The van der Waals surface area contributed by atoms with Gasteiger partial charge in [0.2, 0.25) is 5.52 Å². The first-order chi connectivity index (χ1) is 12.3. The molecule has 0 unspecified atom stereocenters. The minimum absolute atomic E-state index is 0.0438. The molecule has 0 aliphatic rings. The normalized spacial score (nSPS) is 10.7. The van der Waals surface area contributed by atoms with Gasteiger partial charge in [-0.15, -0.1) is 0 Å². The lowest BCUT2D eigenvalue weighted by Gasteiger charge is -2.07. The molecule has 1 heterocycles. The van der Waals surface area contributed by atoms with Crippen molar-refractivity contribution in [1.82, 2.24) is 0 Å². The van der Waals surface area contributed by atoms with E-state index in [0.29, 0.717) is 17.8 Å². The fourth-order valence-corrected chi connectivity index (χ4v) is 3.13. The Morgan fingerprint density at radius 3 is 2.08 bits per heavy atom. The lowest BCUT2D eigenvalue weighted by Crippen LogP contribution is -2.42. The third-order valence-electron chi connectivity index (χ3n) is 4.39. The molecule has 0 radical (unpaired) electrons. The summed E-state index contributed by atoms with van der Waals surface area (Å²) in [6.45, 7) is 0.663. The molecular formula is C23H18NO+. The maximum absolute atomic E-state index is 13.1. The molecule has 2 heteroatoms. The molecule has 4 aromatic rings. The van der Waals surface area contributed by atoms with Gasteiger partial charge in [-0.05, 0) is 12.1 Å². The monoisotopic (exact) mass is 324 g/mol. The molecular weight excluding hydrogens is 306 g/mol. The van der Waals surface area contributed by atoms with Gasteiger partial charge in [-0.3, -0.25) is 4.79 Å². The van der Waals surface area contributed by atoms with E-state index in [1.807, 2.05) is 72.8 Å². The number of hydrogen-bond acceptors (Lipinski definition) is 1. The van der Waals surface area contributed by atoms with E-state index in [0.717, 1.165) is 10.9 Å². The first-order valence-electron chi connectivity index (χ1n) is 8.38. The van der Waals surface area contributed by atoms with Crippen LogP contribution in [0.2, 0.25) is 0 Å². The van der Waals surface area contributed by atoms with E-state index in [1.54, 1.807) is 0 Å². The Bertz CT molecular complexity index is 1020. The molecule has 0 fully saturated rings. The summed E-state index contributed by atoms with van der Waals surface area (Å²) in [5, 5.41) is 1.13. The minimum Gasteiger partial charge on any atom is -0.282 e. The van der Waals surface area contributed by atoms with Crippen LogP contribution in [0.5, 0.6) is 0 Å². The predicted molar refractivity (Wildman–Crippen MR) is 99.6 cm³/mol. The number of pyridine rings is 1. The number of fused-ring (bicyclic) bond motifs is 1. The highest BCUT2D eigenvalue weighted by molar-refractivity contribution is 6.07. The third kappa shape index (κ3) is 3.07. The highest BCUT2D eigenvalue weighted by Crippen LogP contribution is 2.14. The molecule has 0 saturated heterocycles. The Kier molecular flexibility index (Phi) is 4.09. The number of aromatic nitrogens is 1. The Morgan fingerprint density at radius 1 is 0.680 bits per heavy atom. The summed E-state index contributed by atoms with van der Waals surface area (Å²) in [5.74, 6) is 0.0438. The van der Waals surface area contributed by atoms with Crippen LogP contribution in [0.15, 0.2) is 97.1 Å². The molecule has 25 heavy (non-hydrogen) atoms. The number of rotatable bonds is 4. The zero-order valence-corrected chi connectivity index (χ0v) is 13.8. The number of carbonyl (C=O) groups is 1. The number of nitrogens with zero attached hydrogens (tertiary/aromatic N) is 1. The van der Waals surface area contributed by atoms with Gasteiger partial charge in [0.25, 0.3) is 11.5 Å². The van der Waals surface area contributed by atoms with Gasteiger partial charge >= 0.3 is 0 Å². The summed E-state index contributed by atoms with van der Waals surface area (Å²) >= 11 is 0. The molecule has 0 aliphatic heterocycles. The van der Waals surface area contributed by atoms with E-state index < -0.39 is 0 Å². The summed E-state index contributed by atoms with van der Waals surface area (Å²) in [6, 6.07) is 31.8. The maximum atomic E-state index is 13.1. The van der Waals surface area contributed by atoms with Crippen molar-refractivity contribution in [2.75, 3.05) is 0 Å². The van der Waals surface area contributed by atoms with Crippen molar-refractivity contribution in [2.45, 2.75) is 6.54 Å². The summed E-state index contributed by atoms with van der Waals surface area (Å²) in [6.07, 6.45) is 0. The molecule has 1 aromatic heterocycles. The van der Waals surface area contributed by atoms with E-state index in [4.69, 9.17) is 0 Å². The SMILES string of the molecule is O=C(c1ccccc1)c1ccc2ccccc2[n+]1Cc1ccccc1. The van der Waals surface area contributed by atoms with Gasteiger partial charge in [0, 0.05) is 28.6 Å². The Labute approximate surface area is 147 Å². The second-order valence-corrected chi connectivity index (χ2v) is 6.04. The van der Waals surface area contributed by atoms with Crippen LogP contribution in [0, 0.1) is 0 Å². The van der Waals surface area contributed by atoms with Crippen molar-refractivity contribution >= 4 is 16.7 Å². The Morgan fingerprint density at radius 2 is 1.32 bits per heavy atom. The van der Waals surface area contributed by atoms with Crippen molar-refractivity contribution in [3.8, 4) is 0 Å². The molecule has 0 saturated carbocycles. The van der Waals surface area contributed by atoms with Crippen LogP contribution >= 0.6 is 0 Å². The van der Waals surface area contributed by atoms with Crippen molar-refractivity contribution in [1.29, 1.82) is 0 Å². The summed E-state index contributed by atoms with van der Waals surface area (Å²) < 4.78 is 2.11. The van der Waals surface area contributed by atoms with Crippen molar-refractivity contribution in [2.24, 2.45) is 0 Å². The number of benzene rings is 3. The standard InChI is InChI=1S/C23H18NO/c25-23(20-12-5-2-6-13-20)22-16-15-19-11-7-8-14-21(19)24(22)17-18-9-3-1-4-10-18/h1-16H,17H2/q+1. The fourth-order valence-electron chi connectivity index (χ4n) is 3.13. The van der Waals surface area contributed by atoms with Crippen LogP contribution < -0.4 is 4.57 Å². The lowest BCUT2D eigenvalue weighted by molar-refractivity contribution is -0.664. The van der Waals surface area contributed by atoms with Gasteiger partial charge in [-0.25, -0.2) is 0 Å². The van der Waals surface area contributed by atoms with Gasteiger partial charge in [0.15, 0.2) is 6.54 Å². The Hall–Kier alpha value is -3.26. The molecule has 4 rings (SSSR count). The molecule has 0 spiro atoms. The maximum Gasteiger partial charge on any atom is 0.256 e. The number of ketones is 1. The molecule has 0 N–H and O–H groups in total. The number of carbonyl (C=O) groups excluding carboxylic acids is 1. The van der Waals surface area contributed by atoms with Crippen LogP contribution in [0.3, 0.4) is 0 Å². The average molecular weight is 324 g/mol. The zero-order valence-electron chi connectivity index (χ0n) is 13.8. The van der Waals surface area contributed by atoms with Crippen LogP contribution in [-0.2, 0) is 6.54 Å². The average Bonchev–Trinajstić information content (AvgIpc) is 2.69. The minimum atomic E-state index is 0.0438. The summed E-state index contributed by atoms with van der Waals surface area (Å²) in [4.78, 5) is 13.1. The first-order valence-corrected chi connectivity index (χ1v) is 8.38. The van der Waals surface area contributed by atoms with Crippen molar-refractivity contribution in [3.63, 3.8) is 0 Å². The number of para-hydroxylation sites is 1. The smallest absolute Gasteiger partial charge is 0.256 e. The third-order valence-corrected chi connectivity index (χ3v) is 4.39. The van der Waals surface area contributed by atoms with Crippen molar-refractivity contribution in [3.05, 3.63) is 114 Å². The van der Waals surface area contributed by atoms with Gasteiger partial charge in [0.1, 0.15) is 0 Å². The summed E-state index contributed by atoms with van der Waals surface area (Å²) in [7, 11) is 0. The molecule has 3 aromatic carbocycles. The molecule has 120 valence electrons. The predicted octanol–water partition coefficient (Wildman–Crippen LogP) is 4.41. The topological polar surface area (TPSA) is 20.9 Å². The zero-order chi connectivity index (χ0) is 17.1. The van der Waals surface area contributed by atoms with Crippen LogP contribution in [-0.4, -0.2) is 5.78 Å². The highest BCUT2D eigenvalue weighted by atomic mass is 16.1. The van der Waals surface area contributed by atoms with E-state index >= 15 is 0 Å². The second kappa shape index (κ2) is 6.70.